The molecule has 0 aliphatic rings. The van der Waals surface area contributed by atoms with Crippen LogP contribution in [0.25, 0.3) is 0 Å². The summed E-state index contributed by atoms with van der Waals surface area (Å²) in [7, 11) is -13.7. The first-order valence-corrected chi connectivity index (χ1v) is 43.2. The predicted molar refractivity (Wildman–Crippen MR) is 256 cm³/mol. The highest BCUT2D eigenvalue weighted by molar-refractivity contribution is 7.43. The lowest BCUT2D eigenvalue weighted by Crippen LogP contribution is -2.80. The molecule has 0 saturated carbocycles. The third-order valence-electron chi connectivity index (χ3n) is 11.6. The van der Waals surface area contributed by atoms with E-state index in [-0.39, 0.29) is 0 Å². The minimum absolute atomic E-state index is 1.49. The van der Waals surface area contributed by atoms with Gasteiger partial charge >= 0.3 is 0 Å². The van der Waals surface area contributed by atoms with Crippen molar-refractivity contribution < 1.29 is 0 Å². The van der Waals surface area contributed by atoms with Crippen molar-refractivity contribution in [3.8, 4) is 0 Å². The van der Waals surface area contributed by atoms with Gasteiger partial charge in [0.15, 0.2) is 0 Å². The normalized spacial score (nSPS) is 14.1. The molecule has 8 heteroatoms. The van der Waals surface area contributed by atoms with Crippen molar-refractivity contribution in [1.82, 2.24) is 0 Å². The summed E-state index contributed by atoms with van der Waals surface area (Å²) < 4.78 is 0. The number of rotatable bonds is 9. The summed E-state index contributed by atoms with van der Waals surface area (Å²) >= 11 is 9.32. The van der Waals surface area contributed by atoms with Crippen molar-refractivity contribution >= 4 is 114 Å². The topological polar surface area (TPSA) is 0 Å². The van der Waals surface area contributed by atoms with Crippen LogP contribution in [-0.2, 0) is 0 Å². The molecular weight excluding hydrogens is 737 g/mol. The van der Waals surface area contributed by atoms with Crippen LogP contribution in [0.2, 0.25) is 118 Å². The van der Waals surface area contributed by atoms with E-state index in [1.807, 2.05) is 0 Å². The molecule has 0 nitrogen and oxygen atoms in total. The minimum atomic E-state index is -3.19. The summed E-state index contributed by atoms with van der Waals surface area (Å²) in [6, 6.07) is 8.17. The largest absolute Gasteiger partial charge is 0.248 e. The molecule has 0 spiro atoms. The summed E-state index contributed by atoms with van der Waals surface area (Å²) in [5, 5.41) is 14.4. The van der Waals surface area contributed by atoms with E-state index < -0.39 is 55.8 Å². The summed E-state index contributed by atoms with van der Waals surface area (Å²) in [6.07, 6.45) is 0. The second kappa shape index (κ2) is 13.6. The van der Waals surface area contributed by atoms with E-state index in [4.69, 9.17) is 0 Å². The molecule has 0 aliphatic heterocycles. The van der Waals surface area contributed by atoms with Crippen LogP contribution in [0.4, 0.5) is 0 Å². The van der Waals surface area contributed by atoms with Gasteiger partial charge in [0, 0.05) is 0 Å². The average molecular weight is 812 g/mol. The first-order chi connectivity index (χ1) is 22.0. The zero-order valence-electron chi connectivity index (χ0n) is 37.1. The van der Waals surface area contributed by atoms with Gasteiger partial charge in [-0.25, -0.2) is 0 Å². The quantitative estimate of drug-likeness (QED) is 0.117. The summed E-state index contributed by atoms with van der Waals surface area (Å²) in [5.74, 6) is 0. The molecule has 3 aromatic carbocycles. The molecule has 0 saturated heterocycles. The molecule has 0 amide bonds. The lowest BCUT2D eigenvalue weighted by molar-refractivity contribution is 1.36. The van der Waals surface area contributed by atoms with Crippen molar-refractivity contribution in [2.24, 2.45) is 0 Å². The van der Waals surface area contributed by atoms with Crippen molar-refractivity contribution in [3.63, 3.8) is 0 Å². The molecule has 3 rings (SSSR count). The maximum absolute atomic E-state index is 9.32. The highest BCUT2D eigenvalue weighted by Gasteiger charge is 2.51. The smallest absolute Gasteiger partial charge is 0.149 e. The molecule has 0 atom stereocenters. The third kappa shape index (κ3) is 7.96. The van der Waals surface area contributed by atoms with Crippen LogP contribution in [-0.4, -0.2) is 55.8 Å². The van der Waals surface area contributed by atoms with Crippen molar-refractivity contribution in [1.29, 1.82) is 0 Å². The Labute approximate surface area is 322 Å². The molecule has 0 bridgehead atoms. The van der Waals surface area contributed by atoms with Gasteiger partial charge in [-0.3, -0.25) is 0 Å². The Kier molecular flexibility index (Phi) is 12.0. The Morgan fingerprint density at radius 2 is 0.440 bits per heavy atom. The highest BCUT2D eigenvalue weighted by Crippen LogP contribution is 2.25. The first kappa shape index (κ1) is 43.9. The molecule has 0 heterocycles. The van der Waals surface area contributed by atoms with Crippen molar-refractivity contribution in [2.75, 3.05) is 0 Å². The van der Waals surface area contributed by atoms with E-state index in [1.54, 1.807) is 46.7 Å². The molecule has 0 unspecified atom stereocenters. The zero-order valence-corrected chi connectivity index (χ0v) is 44.9. The second-order valence-corrected chi connectivity index (χ2v) is 56.7. The number of benzene rings is 3. The fourth-order valence-electron chi connectivity index (χ4n) is 8.57. The summed E-state index contributed by atoms with van der Waals surface area (Å²) in [5.41, 5.74) is 8.98. The highest BCUT2D eigenvalue weighted by atomic mass is 35.6. The first-order valence-electron chi connectivity index (χ1n) is 19.2. The van der Waals surface area contributed by atoms with Crippen LogP contribution in [0.5, 0.6) is 0 Å². The Morgan fingerprint density at radius 3 is 0.580 bits per heavy atom. The lowest BCUT2D eigenvalue weighted by Gasteiger charge is -2.43. The molecule has 0 fully saturated rings. The minimum Gasteiger partial charge on any atom is -0.149 e. The second-order valence-electron chi connectivity index (χ2n) is 21.9. The van der Waals surface area contributed by atoms with Crippen molar-refractivity contribution in [2.45, 2.75) is 159 Å². The van der Waals surface area contributed by atoms with E-state index in [0.717, 1.165) is 0 Å². The van der Waals surface area contributed by atoms with Crippen LogP contribution in [0, 0.1) is 41.5 Å². The van der Waals surface area contributed by atoms with Crippen LogP contribution in [0.1, 0.15) is 33.4 Å². The fourth-order valence-corrected chi connectivity index (χ4v) is 31.4. The van der Waals surface area contributed by atoms with Gasteiger partial charge < -0.3 is 0 Å². The molecule has 0 aromatic heterocycles. The van der Waals surface area contributed by atoms with Gasteiger partial charge in [-0.15, -0.1) is 11.1 Å². The zero-order chi connectivity index (χ0) is 39.3. The molecule has 3 aromatic rings. The van der Waals surface area contributed by atoms with Gasteiger partial charge in [-0.2, -0.15) is 0 Å². The Bertz CT molecular complexity index is 1600. The van der Waals surface area contributed by atoms with Crippen LogP contribution < -0.4 is 46.7 Å². The van der Waals surface area contributed by atoms with E-state index in [1.165, 1.54) is 33.4 Å². The van der Waals surface area contributed by atoms with Crippen molar-refractivity contribution in [3.05, 3.63) is 51.6 Å². The van der Waals surface area contributed by atoms with Gasteiger partial charge in [0.05, 0.1) is 48.4 Å². The van der Waals surface area contributed by atoms with Gasteiger partial charge in [0.2, 0.25) is 7.38 Å². The van der Waals surface area contributed by atoms with Gasteiger partial charge in [-0.05, 0) is 90.5 Å². The number of halogens is 1. The van der Waals surface area contributed by atoms with E-state index in [0.29, 0.717) is 0 Å². The molecule has 50 heavy (non-hydrogen) atoms. The van der Waals surface area contributed by atoms with E-state index in [2.05, 4.69) is 178 Å². The van der Waals surface area contributed by atoms with Gasteiger partial charge in [0.25, 0.3) is 0 Å². The molecular formula is C42H75ClSi7. The SMILES string of the molecule is Cc1c([Si](C)(C)C)cc([Si](C)(C)C)c([Si](Cl)(c2c([Si](C)(C)C)cc([Si](C)(C)C)c(C)c2C)c2c([Si](C)(C)C)cc([Si](C)(C)C)c(C)c2C)c1C. The fraction of sp³-hybridized carbons (Fsp3) is 0.571. The Hall–Kier alpha value is -0.532. The summed E-state index contributed by atoms with van der Waals surface area (Å²) in [4.78, 5) is 0. The average Bonchev–Trinajstić information content (AvgIpc) is 2.88. The Morgan fingerprint density at radius 1 is 0.280 bits per heavy atom. The van der Waals surface area contributed by atoms with Crippen LogP contribution in [0.3, 0.4) is 0 Å². The Balaban J connectivity index is 3.02. The monoisotopic (exact) mass is 810 g/mol. The summed E-state index contributed by atoms with van der Waals surface area (Å²) in [6.45, 7) is 60.8. The van der Waals surface area contributed by atoms with Gasteiger partial charge in [-0.1, -0.05) is 167 Å². The molecule has 0 aliphatic carbocycles. The van der Waals surface area contributed by atoms with Crippen LogP contribution in [0.15, 0.2) is 18.2 Å². The maximum Gasteiger partial charge on any atom is 0.248 e. The number of hydrogen-bond donors (Lipinski definition) is 0. The third-order valence-corrected chi connectivity index (χ3v) is 30.5. The maximum atomic E-state index is 9.32. The standard InChI is InChI=1S/C42H75ClSi7/c1-28-31(4)40(37(47(16,17)18)25-34(28)44(7,8)9)50(43,41-32(5)29(2)35(45(10,11)12)26-38(41)48(19,20)21)42-33(6)30(3)36(46(13,14)15)27-39(42)49(22,23)24/h25-27H,1-24H3. The van der Waals surface area contributed by atoms with Gasteiger partial charge in [0.1, 0.15) is 0 Å². The predicted octanol–water partition coefficient (Wildman–Crippen LogP) is 8.01. The molecule has 278 valence electrons. The van der Waals surface area contributed by atoms with E-state index in [9.17, 15) is 11.1 Å². The van der Waals surface area contributed by atoms with Crippen LogP contribution >= 0.6 is 11.1 Å². The lowest BCUT2D eigenvalue weighted by atomic mass is 10.1. The molecule has 0 N–H and O–H groups in total. The molecule has 0 radical (unpaired) electrons. The number of hydrogen-bond acceptors (Lipinski definition) is 0. The van der Waals surface area contributed by atoms with E-state index >= 15 is 0 Å².